The van der Waals surface area contributed by atoms with Crippen molar-refractivity contribution in [3.63, 3.8) is 0 Å². The molecule has 1 aromatic carbocycles. The summed E-state index contributed by atoms with van der Waals surface area (Å²) in [5, 5.41) is 0. The van der Waals surface area contributed by atoms with Gasteiger partial charge in [0.1, 0.15) is 17.6 Å². The molecule has 0 N–H and O–H groups in total. The monoisotopic (exact) mass is 588 g/mol. The molecule has 2 aliphatic rings. The second-order valence-electron chi connectivity index (χ2n) is 12.5. The van der Waals surface area contributed by atoms with Gasteiger partial charge in [-0.25, -0.2) is 0 Å². The highest BCUT2D eigenvalue weighted by Crippen LogP contribution is 2.55. The maximum absolute atomic E-state index is 15.4. The number of Topliss-reactive ketones (excluding diaryl/α,β-unsaturated/α-hetero) is 2. The zero-order valence-electron chi connectivity index (χ0n) is 27.3. The average molecular weight is 589 g/mol. The molecule has 0 saturated heterocycles. The zero-order valence-corrected chi connectivity index (χ0v) is 27.3. The van der Waals surface area contributed by atoms with Crippen molar-refractivity contribution in [1.29, 1.82) is 0 Å². The number of ketones is 2. The van der Waals surface area contributed by atoms with Gasteiger partial charge in [-0.05, 0) is 72.3 Å². The Balaban J connectivity index is 2.46. The highest BCUT2D eigenvalue weighted by Gasteiger charge is 2.56. The van der Waals surface area contributed by atoms with Gasteiger partial charge in [0.25, 0.3) is 0 Å². The van der Waals surface area contributed by atoms with Crippen molar-refractivity contribution in [1.82, 2.24) is 0 Å². The Morgan fingerprint density at radius 2 is 1.65 bits per heavy atom. The van der Waals surface area contributed by atoms with Crippen LogP contribution >= 0.6 is 0 Å². The Bertz CT molecular complexity index is 1370. The lowest BCUT2D eigenvalue weighted by molar-refractivity contribution is -0.141. The van der Waals surface area contributed by atoms with Gasteiger partial charge in [-0.3, -0.25) is 14.4 Å². The third kappa shape index (κ3) is 7.11. The largest absolute Gasteiger partial charge is 0.495 e. The van der Waals surface area contributed by atoms with Crippen LogP contribution in [0.2, 0.25) is 0 Å². The predicted octanol–water partition coefficient (Wildman–Crippen LogP) is 7.98. The summed E-state index contributed by atoms with van der Waals surface area (Å²) in [5.74, 6) is -1.43. The van der Waals surface area contributed by atoms with Gasteiger partial charge in [0.15, 0.2) is 11.6 Å². The van der Waals surface area contributed by atoms with Crippen LogP contribution in [0.15, 0.2) is 88.4 Å². The van der Waals surface area contributed by atoms with Crippen molar-refractivity contribution in [2.75, 3.05) is 14.2 Å². The Hall–Kier alpha value is -3.67. The standard InChI is InChI=1S/C37H48O6/c1-22(2)16-17-28(24(5)6)21-37(19-18-23(3)4)35(40)31(29(20-30(38)41-9)27-14-12-11-13-15-27)34(42-10)32-33(39)25(7)26(8)43-36(32)37/h11-16,18,25-26,28-29H,5,17,19-21H2,1-4,6-10H3/t25-,26-,28?,29?,37?/m1/s1. The number of benzene rings is 1. The van der Waals surface area contributed by atoms with Gasteiger partial charge < -0.3 is 14.2 Å². The first-order valence-corrected chi connectivity index (χ1v) is 15.1. The molecular formula is C37H48O6. The molecule has 1 heterocycles. The summed E-state index contributed by atoms with van der Waals surface area (Å²) >= 11 is 0. The van der Waals surface area contributed by atoms with Crippen molar-refractivity contribution in [2.45, 2.75) is 86.2 Å². The molecule has 0 radical (unpaired) electrons. The number of methoxy groups -OCH3 is 2. The first kappa shape index (κ1) is 33.8. The Labute approximate surface area is 257 Å². The fourth-order valence-electron chi connectivity index (χ4n) is 6.01. The second-order valence-corrected chi connectivity index (χ2v) is 12.5. The maximum Gasteiger partial charge on any atom is 0.306 e. The van der Waals surface area contributed by atoms with Crippen molar-refractivity contribution in [3.8, 4) is 0 Å². The van der Waals surface area contributed by atoms with E-state index in [1.165, 1.54) is 19.8 Å². The van der Waals surface area contributed by atoms with Crippen LogP contribution in [0.1, 0.15) is 85.6 Å². The Kier molecular flexibility index (Phi) is 11.2. The van der Waals surface area contributed by atoms with Crippen molar-refractivity contribution < 1.29 is 28.6 Å². The Morgan fingerprint density at radius 3 is 2.19 bits per heavy atom. The molecule has 0 fully saturated rings. The molecule has 0 bridgehead atoms. The summed E-state index contributed by atoms with van der Waals surface area (Å²) in [6.45, 7) is 18.1. The molecule has 3 rings (SSSR count). The molecule has 1 aliphatic heterocycles. The third-order valence-corrected chi connectivity index (χ3v) is 8.79. The lowest BCUT2D eigenvalue weighted by Crippen LogP contribution is -2.48. The molecular weight excluding hydrogens is 540 g/mol. The van der Waals surface area contributed by atoms with Crippen LogP contribution in [0.3, 0.4) is 0 Å². The number of carbonyl (C=O) groups is 3. The molecule has 0 spiro atoms. The summed E-state index contributed by atoms with van der Waals surface area (Å²) in [6.07, 6.45) is 5.12. The van der Waals surface area contributed by atoms with Gasteiger partial charge >= 0.3 is 5.97 Å². The number of hydrogen-bond acceptors (Lipinski definition) is 6. The van der Waals surface area contributed by atoms with E-state index in [0.29, 0.717) is 36.2 Å². The van der Waals surface area contributed by atoms with Crippen molar-refractivity contribution in [2.24, 2.45) is 17.3 Å². The van der Waals surface area contributed by atoms with Gasteiger partial charge in [0.05, 0.1) is 37.5 Å². The summed E-state index contributed by atoms with van der Waals surface area (Å²) < 4.78 is 17.7. The minimum absolute atomic E-state index is 0.0624. The molecule has 6 heteroatoms. The molecule has 43 heavy (non-hydrogen) atoms. The quantitative estimate of drug-likeness (QED) is 0.182. The normalized spacial score (nSPS) is 23.1. The molecule has 6 nitrogen and oxygen atoms in total. The summed E-state index contributed by atoms with van der Waals surface area (Å²) in [5.41, 5.74) is 3.33. The lowest BCUT2D eigenvalue weighted by atomic mass is 9.61. The van der Waals surface area contributed by atoms with E-state index in [1.54, 1.807) is 0 Å². The molecule has 0 saturated carbocycles. The SMILES string of the molecule is C=C(C)C(CC=C(C)C)CC1(CC=C(C)C)C(=O)C(C(CC(=O)OC)c2ccccc2)=C(OC)C2=C1O[C@H](C)[C@@H](C)C2=O. The third-order valence-electron chi connectivity index (χ3n) is 8.79. The van der Waals surface area contributed by atoms with E-state index in [9.17, 15) is 9.59 Å². The van der Waals surface area contributed by atoms with Gasteiger partial charge in [-0.15, -0.1) is 0 Å². The second kappa shape index (κ2) is 14.2. The number of esters is 1. The molecule has 5 atom stereocenters. The highest BCUT2D eigenvalue weighted by atomic mass is 16.5. The number of carbonyl (C=O) groups excluding carboxylic acids is 3. The van der Waals surface area contributed by atoms with E-state index < -0.39 is 29.3 Å². The topological polar surface area (TPSA) is 78.9 Å². The van der Waals surface area contributed by atoms with E-state index >= 15 is 4.79 Å². The maximum atomic E-state index is 15.4. The molecule has 0 aromatic heterocycles. The minimum atomic E-state index is -1.21. The zero-order chi connectivity index (χ0) is 32.1. The van der Waals surface area contributed by atoms with E-state index in [2.05, 4.69) is 26.5 Å². The fourth-order valence-corrected chi connectivity index (χ4v) is 6.01. The smallest absolute Gasteiger partial charge is 0.306 e. The number of ether oxygens (including phenoxy) is 3. The van der Waals surface area contributed by atoms with Crippen LogP contribution < -0.4 is 0 Å². The lowest BCUT2D eigenvalue weighted by Gasteiger charge is -2.46. The summed E-state index contributed by atoms with van der Waals surface area (Å²) in [4.78, 5) is 42.4. The van der Waals surface area contributed by atoms with Crippen molar-refractivity contribution >= 4 is 17.5 Å². The van der Waals surface area contributed by atoms with Gasteiger partial charge in [-0.2, -0.15) is 0 Å². The number of allylic oxidation sites excluding steroid dienone is 8. The molecule has 1 aliphatic carbocycles. The van der Waals surface area contributed by atoms with Crippen LogP contribution in [0.4, 0.5) is 0 Å². The van der Waals surface area contributed by atoms with Crippen molar-refractivity contribution in [3.05, 3.63) is 94.0 Å². The first-order valence-electron chi connectivity index (χ1n) is 15.1. The summed E-state index contributed by atoms with van der Waals surface area (Å²) in [7, 11) is 2.80. The average Bonchev–Trinajstić information content (AvgIpc) is 2.97. The van der Waals surface area contributed by atoms with Gasteiger partial charge in [0, 0.05) is 11.5 Å². The van der Waals surface area contributed by atoms with Crippen LogP contribution in [-0.2, 0) is 28.6 Å². The fraction of sp³-hybridized carbons (Fsp3) is 0.486. The number of rotatable bonds is 12. The van der Waals surface area contributed by atoms with E-state index in [-0.39, 0.29) is 29.7 Å². The van der Waals surface area contributed by atoms with E-state index in [4.69, 9.17) is 14.2 Å². The molecule has 3 unspecified atom stereocenters. The number of hydrogen-bond donors (Lipinski definition) is 0. The molecule has 0 amide bonds. The minimum Gasteiger partial charge on any atom is -0.495 e. The highest BCUT2D eigenvalue weighted by molar-refractivity contribution is 6.13. The van der Waals surface area contributed by atoms with Crippen LogP contribution in [-0.4, -0.2) is 37.9 Å². The van der Waals surface area contributed by atoms with Crippen LogP contribution in [0.25, 0.3) is 0 Å². The van der Waals surface area contributed by atoms with Crippen LogP contribution in [0.5, 0.6) is 0 Å². The molecule has 1 aromatic rings. The Morgan fingerprint density at radius 1 is 1.02 bits per heavy atom. The van der Waals surface area contributed by atoms with E-state index in [1.807, 2.05) is 71.0 Å². The first-order chi connectivity index (χ1) is 20.3. The predicted molar refractivity (Wildman–Crippen MR) is 170 cm³/mol. The molecule has 232 valence electrons. The van der Waals surface area contributed by atoms with Crippen LogP contribution in [0, 0.1) is 17.3 Å². The van der Waals surface area contributed by atoms with E-state index in [0.717, 1.165) is 16.7 Å². The van der Waals surface area contributed by atoms with Gasteiger partial charge in [0.2, 0.25) is 0 Å². The van der Waals surface area contributed by atoms with Gasteiger partial charge in [-0.1, -0.05) is 72.7 Å². The summed E-state index contributed by atoms with van der Waals surface area (Å²) in [6, 6.07) is 9.40.